The fraction of sp³-hybridized carbons (Fsp3) is 0.190. The fourth-order valence-electron chi connectivity index (χ4n) is 2.69. The van der Waals surface area contributed by atoms with Gasteiger partial charge < -0.3 is 19.8 Å². The van der Waals surface area contributed by atoms with Gasteiger partial charge in [-0.3, -0.25) is 14.6 Å². The SMILES string of the molecule is COc1ccccc1CCNC(=O)c1cc(C(=O)NCc2ccco2)ccn1. The minimum absolute atomic E-state index is 0.186. The third-order valence-electron chi connectivity index (χ3n) is 4.13. The summed E-state index contributed by atoms with van der Waals surface area (Å²) in [7, 11) is 1.61. The van der Waals surface area contributed by atoms with Crippen molar-refractivity contribution < 1.29 is 18.7 Å². The van der Waals surface area contributed by atoms with Crippen LogP contribution in [0.3, 0.4) is 0 Å². The first-order valence-corrected chi connectivity index (χ1v) is 8.84. The molecular formula is C21H21N3O4. The van der Waals surface area contributed by atoms with E-state index in [1.54, 1.807) is 31.6 Å². The van der Waals surface area contributed by atoms with Crippen LogP contribution in [0.5, 0.6) is 5.75 Å². The highest BCUT2D eigenvalue weighted by Gasteiger charge is 2.12. The van der Waals surface area contributed by atoms with Gasteiger partial charge in [-0.2, -0.15) is 0 Å². The topological polar surface area (TPSA) is 93.5 Å². The maximum Gasteiger partial charge on any atom is 0.269 e. The van der Waals surface area contributed by atoms with Crippen LogP contribution in [0.25, 0.3) is 0 Å². The first-order valence-electron chi connectivity index (χ1n) is 8.84. The first kappa shape index (κ1) is 19.2. The van der Waals surface area contributed by atoms with Gasteiger partial charge in [0.15, 0.2) is 0 Å². The number of nitrogens with zero attached hydrogens (tertiary/aromatic N) is 1. The Bertz CT molecular complexity index is 938. The van der Waals surface area contributed by atoms with Crippen molar-refractivity contribution >= 4 is 11.8 Å². The number of methoxy groups -OCH3 is 1. The minimum atomic E-state index is -0.337. The molecule has 0 radical (unpaired) electrons. The minimum Gasteiger partial charge on any atom is -0.496 e. The number of benzene rings is 1. The van der Waals surface area contributed by atoms with Gasteiger partial charge in [0.05, 0.1) is 19.9 Å². The number of para-hydroxylation sites is 1. The molecule has 0 unspecified atom stereocenters. The summed E-state index contributed by atoms with van der Waals surface area (Å²) in [6.07, 6.45) is 3.61. The number of hydrogen-bond donors (Lipinski definition) is 2. The molecule has 0 atom stereocenters. The zero-order chi connectivity index (χ0) is 19.8. The molecule has 0 aliphatic heterocycles. The summed E-state index contributed by atoms with van der Waals surface area (Å²) in [6, 6.07) is 14.2. The molecule has 0 fully saturated rings. The van der Waals surface area contributed by atoms with Gasteiger partial charge in [-0.25, -0.2) is 0 Å². The summed E-state index contributed by atoms with van der Waals surface area (Å²) >= 11 is 0. The molecule has 0 bridgehead atoms. The van der Waals surface area contributed by atoms with Gasteiger partial charge in [0.2, 0.25) is 0 Å². The number of aromatic nitrogens is 1. The standard InChI is InChI=1S/C21H21N3O4/c1-27-19-7-3-2-5-15(19)8-11-23-21(26)18-13-16(9-10-22-18)20(25)24-14-17-6-4-12-28-17/h2-7,9-10,12-13H,8,11,14H2,1H3,(H,23,26)(H,24,25). The number of ether oxygens (including phenoxy) is 1. The average molecular weight is 379 g/mol. The van der Waals surface area contributed by atoms with E-state index < -0.39 is 0 Å². The van der Waals surface area contributed by atoms with Crippen molar-refractivity contribution in [1.82, 2.24) is 15.6 Å². The molecule has 0 saturated heterocycles. The summed E-state index contributed by atoms with van der Waals surface area (Å²) < 4.78 is 10.5. The summed E-state index contributed by atoms with van der Waals surface area (Å²) in [5.74, 6) is 0.791. The van der Waals surface area contributed by atoms with E-state index in [1.807, 2.05) is 24.3 Å². The van der Waals surface area contributed by atoms with E-state index in [9.17, 15) is 9.59 Å². The third kappa shape index (κ3) is 4.97. The van der Waals surface area contributed by atoms with E-state index in [0.29, 0.717) is 24.3 Å². The molecule has 3 rings (SSSR count). The zero-order valence-corrected chi connectivity index (χ0v) is 15.5. The number of nitrogens with one attached hydrogen (secondary N) is 2. The highest BCUT2D eigenvalue weighted by molar-refractivity contribution is 5.98. The van der Waals surface area contributed by atoms with E-state index >= 15 is 0 Å². The maximum atomic E-state index is 12.4. The van der Waals surface area contributed by atoms with Crippen molar-refractivity contribution in [2.45, 2.75) is 13.0 Å². The van der Waals surface area contributed by atoms with Crippen LogP contribution in [0.15, 0.2) is 65.4 Å². The smallest absolute Gasteiger partial charge is 0.269 e. The van der Waals surface area contributed by atoms with Crippen LogP contribution in [-0.4, -0.2) is 30.5 Å². The van der Waals surface area contributed by atoms with Crippen molar-refractivity contribution in [1.29, 1.82) is 0 Å². The predicted molar refractivity (Wildman–Crippen MR) is 103 cm³/mol. The van der Waals surface area contributed by atoms with Gasteiger partial charge in [-0.15, -0.1) is 0 Å². The molecular weight excluding hydrogens is 358 g/mol. The Morgan fingerprint density at radius 1 is 1.07 bits per heavy atom. The number of carbonyl (C=O) groups is 2. The van der Waals surface area contributed by atoms with Gasteiger partial charge in [0, 0.05) is 18.3 Å². The summed E-state index contributed by atoms with van der Waals surface area (Å²) in [5, 5.41) is 5.55. The van der Waals surface area contributed by atoms with Crippen LogP contribution in [-0.2, 0) is 13.0 Å². The number of amides is 2. The normalized spacial score (nSPS) is 10.3. The lowest BCUT2D eigenvalue weighted by Crippen LogP contribution is -2.28. The first-order chi connectivity index (χ1) is 13.7. The molecule has 28 heavy (non-hydrogen) atoms. The molecule has 7 nitrogen and oxygen atoms in total. The molecule has 7 heteroatoms. The van der Waals surface area contributed by atoms with E-state index in [4.69, 9.17) is 9.15 Å². The molecule has 144 valence electrons. The molecule has 3 aromatic rings. The predicted octanol–water partition coefficient (Wildman–Crippen LogP) is 2.59. The Hall–Kier alpha value is -3.61. The molecule has 2 aromatic heterocycles. The van der Waals surface area contributed by atoms with Gasteiger partial charge in [-0.05, 0) is 42.3 Å². The van der Waals surface area contributed by atoms with Crippen LogP contribution in [0.2, 0.25) is 0 Å². The average Bonchev–Trinajstić information content (AvgIpc) is 3.26. The van der Waals surface area contributed by atoms with Gasteiger partial charge >= 0.3 is 0 Å². The van der Waals surface area contributed by atoms with E-state index in [-0.39, 0.29) is 24.1 Å². The highest BCUT2D eigenvalue weighted by Crippen LogP contribution is 2.17. The monoisotopic (exact) mass is 379 g/mol. The summed E-state index contributed by atoms with van der Waals surface area (Å²) in [6.45, 7) is 0.699. The number of carbonyl (C=O) groups excluding carboxylic acids is 2. The lowest BCUT2D eigenvalue weighted by atomic mass is 10.1. The Morgan fingerprint density at radius 3 is 2.71 bits per heavy atom. The third-order valence-corrected chi connectivity index (χ3v) is 4.13. The molecule has 1 aromatic carbocycles. The number of hydrogen-bond acceptors (Lipinski definition) is 5. The van der Waals surface area contributed by atoms with Gasteiger partial charge in [-0.1, -0.05) is 18.2 Å². The molecule has 0 aliphatic carbocycles. The quantitative estimate of drug-likeness (QED) is 0.627. The molecule has 2 amide bonds. The second-order valence-corrected chi connectivity index (χ2v) is 6.01. The fourth-order valence-corrected chi connectivity index (χ4v) is 2.69. The molecule has 2 N–H and O–H groups in total. The van der Waals surface area contributed by atoms with Crippen LogP contribution in [0.1, 0.15) is 32.2 Å². The van der Waals surface area contributed by atoms with Crippen LogP contribution in [0, 0.1) is 0 Å². The summed E-state index contributed by atoms with van der Waals surface area (Å²) in [5.41, 5.74) is 1.55. The van der Waals surface area contributed by atoms with Gasteiger partial charge in [0.1, 0.15) is 17.2 Å². The van der Waals surface area contributed by atoms with E-state index in [1.165, 1.54) is 12.3 Å². The van der Waals surface area contributed by atoms with E-state index in [2.05, 4.69) is 15.6 Å². The maximum absolute atomic E-state index is 12.4. The van der Waals surface area contributed by atoms with Crippen LogP contribution >= 0.6 is 0 Å². The van der Waals surface area contributed by atoms with Gasteiger partial charge in [0.25, 0.3) is 11.8 Å². The lowest BCUT2D eigenvalue weighted by Gasteiger charge is -2.09. The number of furan rings is 1. The molecule has 2 heterocycles. The van der Waals surface area contributed by atoms with Crippen molar-refractivity contribution in [3.8, 4) is 5.75 Å². The lowest BCUT2D eigenvalue weighted by molar-refractivity contribution is 0.0948. The Kier molecular flexibility index (Phi) is 6.41. The van der Waals surface area contributed by atoms with Crippen LogP contribution in [0.4, 0.5) is 0 Å². The molecule has 0 spiro atoms. The zero-order valence-electron chi connectivity index (χ0n) is 15.5. The Morgan fingerprint density at radius 2 is 1.93 bits per heavy atom. The largest absolute Gasteiger partial charge is 0.496 e. The van der Waals surface area contributed by atoms with E-state index in [0.717, 1.165) is 11.3 Å². The number of pyridine rings is 1. The Labute approximate surface area is 162 Å². The van der Waals surface area contributed by atoms with Crippen molar-refractivity contribution in [2.75, 3.05) is 13.7 Å². The second-order valence-electron chi connectivity index (χ2n) is 6.01. The number of rotatable bonds is 8. The summed E-state index contributed by atoms with van der Waals surface area (Å²) in [4.78, 5) is 28.7. The Balaban J connectivity index is 1.55. The molecule has 0 saturated carbocycles. The molecule has 0 aliphatic rings. The van der Waals surface area contributed by atoms with Crippen molar-refractivity contribution in [3.63, 3.8) is 0 Å². The van der Waals surface area contributed by atoms with Crippen LogP contribution < -0.4 is 15.4 Å². The van der Waals surface area contributed by atoms with Crippen molar-refractivity contribution in [2.24, 2.45) is 0 Å². The second kappa shape index (κ2) is 9.36. The van der Waals surface area contributed by atoms with Crippen molar-refractivity contribution in [3.05, 3.63) is 83.6 Å². The highest BCUT2D eigenvalue weighted by atomic mass is 16.5.